The predicted molar refractivity (Wildman–Crippen MR) is 78.9 cm³/mol. The fourth-order valence-electron chi connectivity index (χ4n) is 1.74. The highest BCUT2D eigenvalue weighted by Gasteiger charge is 2.09. The Kier molecular flexibility index (Phi) is 3.44. The number of nitro groups is 1. The van der Waals surface area contributed by atoms with Gasteiger partial charge in [-0.2, -0.15) is 0 Å². The average Bonchev–Trinajstić information content (AvgIpc) is 2.98. The summed E-state index contributed by atoms with van der Waals surface area (Å²) in [5.74, 6) is 1.12. The van der Waals surface area contributed by atoms with Gasteiger partial charge in [-0.05, 0) is 40.2 Å². The molecule has 0 radical (unpaired) electrons. The van der Waals surface area contributed by atoms with Crippen molar-refractivity contribution in [2.24, 2.45) is 0 Å². The molecule has 0 bridgehead atoms. The van der Waals surface area contributed by atoms with E-state index in [0.29, 0.717) is 17.2 Å². The zero-order valence-electron chi connectivity index (χ0n) is 10.5. The molecule has 0 N–H and O–H groups in total. The van der Waals surface area contributed by atoms with Crippen LogP contribution in [0.25, 0.3) is 17.2 Å². The van der Waals surface area contributed by atoms with Crippen molar-refractivity contribution in [3.8, 4) is 17.2 Å². The Morgan fingerprint density at radius 3 is 2.48 bits per heavy atom. The van der Waals surface area contributed by atoms with Gasteiger partial charge in [-0.1, -0.05) is 0 Å². The summed E-state index contributed by atoms with van der Waals surface area (Å²) in [7, 11) is 0. The number of hydrogen-bond donors (Lipinski definition) is 0. The van der Waals surface area contributed by atoms with Gasteiger partial charge in [0.15, 0.2) is 11.6 Å². The average molecular weight is 346 g/mol. The van der Waals surface area contributed by atoms with Gasteiger partial charge in [-0.25, -0.2) is 14.6 Å². The monoisotopic (exact) mass is 345 g/mol. The molecule has 0 fully saturated rings. The van der Waals surface area contributed by atoms with E-state index in [1.165, 1.54) is 12.1 Å². The highest BCUT2D eigenvalue weighted by atomic mass is 79.9. The lowest BCUT2D eigenvalue weighted by Crippen LogP contribution is -1.97. The number of aromatic nitrogens is 4. The van der Waals surface area contributed by atoms with Gasteiger partial charge in [-0.3, -0.25) is 10.1 Å². The van der Waals surface area contributed by atoms with E-state index in [0.717, 1.165) is 4.47 Å². The minimum absolute atomic E-state index is 0.0350. The second kappa shape index (κ2) is 5.41. The van der Waals surface area contributed by atoms with E-state index >= 15 is 0 Å². The van der Waals surface area contributed by atoms with Crippen LogP contribution in [0.3, 0.4) is 0 Å². The van der Waals surface area contributed by atoms with Gasteiger partial charge in [-0.15, -0.1) is 5.10 Å². The Morgan fingerprint density at radius 1 is 1.10 bits per heavy atom. The largest absolute Gasteiger partial charge is 0.269 e. The topological polar surface area (TPSA) is 86.7 Å². The molecule has 2 aromatic heterocycles. The summed E-state index contributed by atoms with van der Waals surface area (Å²) in [5.41, 5.74) is 0.740. The number of benzene rings is 1. The highest BCUT2D eigenvalue weighted by molar-refractivity contribution is 9.10. The molecule has 0 amide bonds. The van der Waals surface area contributed by atoms with Gasteiger partial charge in [0.1, 0.15) is 6.33 Å². The van der Waals surface area contributed by atoms with Crippen molar-refractivity contribution in [3.05, 3.63) is 63.5 Å². The lowest BCUT2D eigenvalue weighted by molar-refractivity contribution is -0.384. The van der Waals surface area contributed by atoms with Gasteiger partial charge in [0, 0.05) is 28.4 Å². The molecule has 1 aromatic carbocycles. The summed E-state index contributed by atoms with van der Waals surface area (Å²) in [6, 6.07) is 9.75. The van der Waals surface area contributed by atoms with Crippen molar-refractivity contribution in [3.63, 3.8) is 0 Å². The lowest BCUT2D eigenvalue weighted by Gasteiger charge is -1.98. The first-order valence-corrected chi connectivity index (χ1v) is 6.71. The number of hydrogen-bond acceptors (Lipinski definition) is 5. The molecule has 0 saturated carbocycles. The number of rotatable bonds is 3. The van der Waals surface area contributed by atoms with Crippen LogP contribution >= 0.6 is 15.9 Å². The smallest absolute Gasteiger partial charge is 0.258 e. The third-order valence-electron chi connectivity index (χ3n) is 2.77. The Labute approximate surface area is 127 Å². The fraction of sp³-hybridized carbons (Fsp3) is 0. The SMILES string of the molecule is O=[N+]([O-])c1ccc(-c2ncn(-c3ccc(Br)cn3)n2)cc1. The molecule has 3 aromatic rings. The van der Waals surface area contributed by atoms with Crippen molar-refractivity contribution in [2.75, 3.05) is 0 Å². The molecular formula is C13H8BrN5O2. The summed E-state index contributed by atoms with van der Waals surface area (Å²) in [6.07, 6.45) is 3.22. The van der Waals surface area contributed by atoms with Gasteiger partial charge in [0.05, 0.1) is 4.92 Å². The van der Waals surface area contributed by atoms with Crippen LogP contribution in [0.2, 0.25) is 0 Å². The van der Waals surface area contributed by atoms with E-state index in [9.17, 15) is 10.1 Å². The minimum atomic E-state index is -0.443. The van der Waals surface area contributed by atoms with Crippen molar-refractivity contribution in [1.29, 1.82) is 0 Å². The van der Waals surface area contributed by atoms with Crippen LogP contribution in [0.1, 0.15) is 0 Å². The van der Waals surface area contributed by atoms with E-state index < -0.39 is 4.92 Å². The molecule has 104 valence electrons. The van der Waals surface area contributed by atoms with Crippen molar-refractivity contribution >= 4 is 21.6 Å². The predicted octanol–water partition coefficient (Wildman–Crippen LogP) is 3.00. The number of pyridine rings is 1. The van der Waals surface area contributed by atoms with Gasteiger partial charge >= 0.3 is 0 Å². The van der Waals surface area contributed by atoms with E-state index in [-0.39, 0.29) is 5.69 Å². The summed E-state index contributed by atoms with van der Waals surface area (Å²) < 4.78 is 2.42. The highest BCUT2D eigenvalue weighted by Crippen LogP contribution is 2.19. The van der Waals surface area contributed by atoms with E-state index in [2.05, 4.69) is 31.0 Å². The molecule has 0 unspecified atom stereocenters. The maximum atomic E-state index is 10.6. The quantitative estimate of drug-likeness (QED) is 0.537. The fourth-order valence-corrected chi connectivity index (χ4v) is 1.98. The second-order valence-electron chi connectivity index (χ2n) is 4.15. The van der Waals surface area contributed by atoms with Crippen molar-refractivity contribution in [1.82, 2.24) is 19.7 Å². The molecular weight excluding hydrogens is 338 g/mol. The van der Waals surface area contributed by atoms with Crippen LogP contribution in [-0.2, 0) is 0 Å². The Bertz CT molecular complexity index is 783. The van der Waals surface area contributed by atoms with Crippen LogP contribution in [-0.4, -0.2) is 24.7 Å². The maximum absolute atomic E-state index is 10.6. The lowest BCUT2D eigenvalue weighted by atomic mass is 10.2. The third kappa shape index (κ3) is 2.79. The minimum Gasteiger partial charge on any atom is -0.258 e. The zero-order valence-corrected chi connectivity index (χ0v) is 12.1. The number of halogens is 1. The molecule has 0 aliphatic heterocycles. The maximum Gasteiger partial charge on any atom is 0.269 e. The first-order valence-electron chi connectivity index (χ1n) is 5.92. The molecule has 0 atom stereocenters. The summed E-state index contributed by atoms with van der Waals surface area (Å²) in [6.45, 7) is 0. The Hall–Kier alpha value is -2.61. The third-order valence-corrected chi connectivity index (χ3v) is 3.24. The van der Waals surface area contributed by atoms with Gasteiger partial charge in [0.25, 0.3) is 5.69 Å². The number of nitrogens with zero attached hydrogens (tertiary/aromatic N) is 5. The molecule has 0 aliphatic carbocycles. The Balaban J connectivity index is 1.90. The van der Waals surface area contributed by atoms with E-state index in [4.69, 9.17) is 0 Å². The van der Waals surface area contributed by atoms with Crippen LogP contribution in [0.5, 0.6) is 0 Å². The van der Waals surface area contributed by atoms with Crippen LogP contribution < -0.4 is 0 Å². The molecule has 21 heavy (non-hydrogen) atoms. The summed E-state index contributed by atoms with van der Waals surface area (Å²) >= 11 is 3.32. The molecule has 2 heterocycles. The standard InChI is InChI=1S/C13H8BrN5O2/c14-10-3-6-12(15-7-10)18-8-16-13(17-18)9-1-4-11(5-2-9)19(20)21/h1-8H. The van der Waals surface area contributed by atoms with E-state index in [1.807, 2.05) is 6.07 Å². The first kappa shape index (κ1) is 13.4. The normalized spacial score (nSPS) is 10.5. The molecule has 0 spiro atoms. The molecule has 3 rings (SSSR count). The number of non-ortho nitro benzene ring substituents is 1. The van der Waals surface area contributed by atoms with Crippen LogP contribution in [0.4, 0.5) is 5.69 Å². The Morgan fingerprint density at radius 2 is 1.86 bits per heavy atom. The van der Waals surface area contributed by atoms with Crippen molar-refractivity contribution < 1.29 is 4.92 Å². The van der Waals surface area contributed by atoms with Crippen LogP contribution in [0.15, 0.2) is 53.4 Å². The number of nitro benzene ring substituents is 1. The van der Waals surface area contributed by atoms with Crippen LogP contribution in [0, 0.1) is 10.1 Å². The first-order chi connectivity index (χ1) is 10.1. The second-order valence-corrected chi connectivity index (χ2v) is 5.07. The molecule has 8 heteroatoms. The van der Waals surface area contributed by atoms with Gasteiger partial charge < -0.3 is 0 Å². The molecule has 0 saturated heterocycles. The molecule has 7 nitrogen and oxygen atoms in total. The summed E-state index contributed by atoms with van der Waals surface area (Å²) in [4.78, 5) is 18.6. The summed E-state index contributed by atoms with van der Waals surface area (Å²) in [5, 5.41) is 14.9. The van der Waals surface area contributed by atoms with Gasteiger partial charge in [0.2, 0.25) is 0 Å². The van der Waals surface area contributed by atoms with Crippen molar-refractivity contribution in [2.45, 2.75) is 0 Å². The zero-order chi connectivity index (χ0) is 14.8. The van der Waals surface area contributed by atoms with E-state index in [1.54, 1.807) is 35.4 Å². The molecule has 0 aliphatic rings.